The van der Waals surface area contributed by atoms with Gasteiger partial charge in [0.25, 0.3) is 0 Å². The molecular formula is C22H36N2O4. The molecule has 0 aliphatic carbocycles. The first kappa shape index (κ1) is 21.4. The number of benzene rings is 1. The molecule has 1 aromatic carbocycles. The van der Waals surface area contributed by atoms with Gasteiger partial charge in [-0.1, -0.05) is 6.07 Å². The van der Waals surface area contributed by atoms with Crippen molar-refractivity contribution in [2.75, 3.05) is 60.2 Å². The van der Waals surface area contributed by atoms with E-state index in [1.54, 1.807) is 14.2 Å². The van der Waals surface area contributed by atoms with Crippen LogP contribution in [-0.4, -0.2) is 81.2 Å². The summed E-state index contributed by atoms with van der Waals surface area (Å²) >= 11 is 0. The molecule has 2 fully saturated rings. The molecule has 3 rings (SSSR count). The Hall–Kier alpha value is -1.34. The average molecular weight is 393 g/mol. The number of phenolic OH excluding ortho intramolecular Hbond substituents is 1. The molecule has 1 atom stereocenters. The number of hydrogen-bond acceptors (Lipinski definition) is 6. The van der Waals surface area contributed by atoms with Gasteiger partial charge in [0.2, 0.25) is 0 Å². The van der Waals surface area contributed by atoms with Gasteiger partial charge in [-0.15, -0.1) is 0 Å². The largest absolute Gasteiger partial charge is 0.504 e. The van der Waals surface area contributed by atoms with Crippen molar-refractivity contribution in [3.63, 3.8) is 0 Å². The van der Waals surface area contributed by atoms with Crippen molar-refractivity contribution < 1.29 is 19.3 Å². The van der Waals surface area contributed by atoms with E-state index in [2.05, 4.69) is 15.9 Å². The molecular weight excluding hydrogens is 356 g/mol. The maximum absolute atomic E-state index is 10.1. The fourth-order valence-corrected chi connectivity index (χ4v) is 4.35. The Morgan fingerprint density at radius 3 is 2.64 bits per heavy atom. The van der Waals surface area contributed by atoms with E-state index in [0.29, 0.717) is 17.8 Å². The second-order valence-electron chi connectivity index (χ2n) is 8.11. The minimum absolute atomic E-state index is 0.212. The molecule has 6 nitrogen and oxygen atoms in total. The predicted octanol–water partition coefficient (Wildman–Crippen LogP) is 2.74. The first-order valence-corrected chi connectivity index (χ1v) is 10.6. The summed E-state index contributed by atoms with van der Waals surface area (Å²) in [5.74, 6) is 1.45. The van der Waals surface area contributed by atoms with Crippen molar-refractivity contribution in [2.45, 2.75) is 38.3 Å². The van der Waals surface area contributed by atoms with Gasteiger partial charge in [-0.2, -0.15) is 0 Å². The monoisotopic (exact) mass is 392 g/mol. The Bertz CT molecular complexity index is 584. The van der Waals surface area contributed by atoms with Crippen LogP contribution in [0.5, 0.6) is 11.5 Å². The highest BCUT2D eigenvalue weighted by Gasteiger charge is 2.25. The zero-order valence-electron chi connectivity index (χ0n) is 17.4. The highest BCUT2D eigenvalue weighted by atomic mass is 16.5. The first-order valence-electron chi connectivity index (χ1n) is 10.6. The van der Waals surface area contributed by atoms with Crippen molar-refractivity contribution in [2.24, 2.45) is 5.92 Å². The predicted molar refractivity (Wildman–Crippen MR) is 110 cm³/mol. The minimum Gasteiger partial charge on any atom is -0.504 e. The molecule has 0 saturated carbocycles. The topological polar surface area (TPSA) is 54.4 Å². The molecule has 2 heterocycles. The third-order valence-electron chi connectivity index (χ3n) is 5.97. The number of aromatic hydroxyl groups is 1. The molecule has 1 aromatic rings. The Morgan fingerprint density at radius 2 is 2.00 bits per heavy atom. The summed E-state index contributed by atoms with van der Waals surface area (Å²) in [6.45, 7) is 7.95. The van der Waals surface area contributed by atoms with Crippen LogP contribution in [0, 0.1) is 5.92 Å². The fourth-order valence-electron chi connectivity index (χ4n) is 4.35. The van der Waals surface area contributed by atoms with E-state index in [9.17, 15) is 5.11 Å². The van der Waals surface area contributed by atoms with E-state index in [0.717, 1.165) is 64.5 Å². The number of likely N-dealkylation sites (tertiary alicyclic amines) is 1. The molecule has 0 bridgehead atoms. The quantitative estimate of drug-likeness (QED) is 0.661. The summed E-state index contributed by atoms with van der Waals surface area (Å²) < 4.78 is 16.3. The maximum Gasteiger partial charge on any atom is 0.160 e. The number of nitrogens with zero attached hydrogens (tertiary/aromatic N) is 2. The lowest BCUT2D eigenvalue weighted by atomic mass is 9.95. The summed E-state index contributed by atoms with van der Waals surface area (Å²) in [5.41, 5.74) is 1.12. The van der Waals surface area contributed by atoms with E-state index in [1.165, 1.54) is 19.3 Å². The molecule has 28 heavy (non-hydrogen) atoms. The smallest absolute Gasteiger partial charge is 0.160 e. The second-order valence-corrected chi connectivity index (χ2v) is 8.11. The Morgan fingerprint density at radius 1 is 1.18 bits per heavy atom. The number of phenols is 1. The zero-order chi connectivity index (χ0) is 19.8. The lowest BCUT2D eigenvalue weighted by molar-refractivity contribution is 0.0551. The van der Waals surface area contributed by atoms with Gasteiger partial charge < -0.3 is 24.2 Å². The van der Waals surface area contributed by atoms with Crippen molar-refractivity contribution in [3.8, 4) is 11.5 Å². The summed E-state index contributed by atoms with van der Waals surface area (Å²) in [5, 5.41) is 10.1. The fraction of sp³-hybridized carbons (Fsp3) is 0.727. The summed E-state index contributed by atoms with van der Waals surface area (Å²) in [6, 6.07) is 5.73. The molecule has 2 aliphatic heterocycles. The summed E-state index contributed by atoms with van der Waals surface area (Å²) in [4.78, 5) is 5.03. The molecule has 0 radical (unpaired) electrons. The van der Waals surface area contributed by atoms with Crippen molar-refractivity contribution in [1.29, 1.82) is 0 Å². The molecule has 1 N–H and O–H groups in total. The Labute approximate surface area is 169 Å². The van der Waals surface area contributed by atoms with Crippen LogP contribution in [0.15, 0.2) is 18.2 Å². The first-order chi connectivity index (χ1) is 13.7. The van der Waals surface area contributed by atoms with Crippen LogP contribution in [0.2, 0.25) is 0 Å². The van der Waals surface area contributed by atoms with Gasteiger partial charge in [0.05, 0.1) is 19.8 Å². The summed E-state index contributed by atoms with van der Waals surface area (Å²) in [6.07, 6.45) is 5.13. The number of ether oxygens (including phenoxy) is 3. The van der Waals surface area contributed by atoms with Crippen LogP contribution in [0.25, 0.3) is 0 Å². The minimum atomic E-state index is 0.212. The SMILES string of the molecule is COCCN1CCC(CN(Cc2ccc(OC)c(O)c2)C[C@@H]2CCCO2)CC1. The van der Waals surface area contributed by atoms with Crippen LogP contribution in [0.1, 0.15) is 31.2 Å². The molecule has 2 aliphatic rings. The van der Waals surface area contributed by atoms with Gasteiger partial charge in [-0.3, -0.25) is 4.90 Å². The Balaban J connectivity index is 1.57. The maximum atomic E-state index is 10.1. The summed E-state index contributed by atoms with van der Waals surface area (Å²) in [7, 11) is 3.35. The van der Waals surface area contributed by atoms with Gasteiger partial charge >= 0.3 is 0 Å². The lowest BCUT2D eigenvalue weighted by Gasteiger charge is -2.35. The number of piperidine rings is 1. The van der Waals surface area contributed by atoms with E-state index >= 15 is 0 Å². The highest BCUT2D eigenvalue weighted by molar-refractivity contribution is 5.41. The number of hydrogen-bond donors (Lipinski definition) is 1. The van der Waals surface area contributed by atoms with E-state index in [4.69, 9.17) is 14.2 Å². The molecule has 0 spiro atoms. The van der Waals surface area contributed by atoms with Crippen molar-refractivity contribution in [1.82, 2.24) is 9.80 Å². The zero-order valence-corrected chi connectivity index (χ0v) is 17.4. The van der Waals surface area contributed by atoms with Crippen molar-refractivity contribution >= 4 is 0 Å². The van der Waals surface area contributed by atoms with Gasteiger partial charge in [-0.25, -0.2) is 0 Å². The molecule has 0 aromatic heterocycles. The van der Waals surface area contributed by atoms with Crippen LogP contribution in [-0.2, 0) is 16.0 Å². The molecule has 6 heteroatoms. The van der Waals surface area contributed by atoms with Gasteiger partial charge in [0.1, 0.15) is 0 Å². The number of rotatable bonds is 10. The van der Waals surface area contributed by atoms with Crippen LogP contribution in [0.4, 0.5) is 0 Å². The van der Waals surface area contributed by atoms with Gasteiger partial charge in [0.15, 0.2) is 11.5 Å². The third-order valence-corrected chi connectivity index (χ3v) is 5.97. The molecule has 158 valence electrons. The molecule has 0 unspecified atom stereocenters. The normalized spacial score (nSPS) is 21.5. The lowest BCUT2D eigenvalue weighted by Crippen LogP contribution is -2.41. The van der Waals surface area contributed by atoms with E-state index in [1.807, 2.05) is 12.1 Å². The Kier molecular flexibility index (Phi) is 8.40. The van der Waals surface area contributed by atoms with Gasteiger partial charge in [0, 0.05) is 39.9 Å². The standard InChI is InChI=1S/C22H36N2O4/c1-26-13-11-23-9-7-18(8-10-23)15-24(17-20-4-3-12-28-20)16-19-5-6-22(27-2)21(25)14-19/h5-6,14,18,20,25H,3-4,7-13,15-17H2,1-2H3/t20-/m0/s1. The van der Waals surface area contributed by atoms with Crippen molar-refractivity contribution in [3.05, 3.63) is 23.8 Å². The van der Waals surface area contributed by atoms with Crippen LogP contribution in [0.3, 0.4) is 0 Å². The van der Waals surface area contributed by atoms with Crippen LogP contribution >= 0.6 is 0 Å². The highest BCUT2D eigenvalue weighted by Crippen LogP contribution is 2.28. The van der Waals surface area contributed by atoms with Gasteiger partial charge in [-0.05, 0) is 62.4 Å². The van der Waals surface area contributed by atoms with E-state index in [-0.39, 0.29) is 5.75 Å². The van der Waals surface area contributed by atoms with E-state index < -0.39 is 0 Å². The third kappa shape index (κ3) is 6.34. The second kappa shape index (κ2) is 11.0. The molecule has 2 saturated heterocycles. The van der Waals surface area contributed by atoms with Crippen LogP contribution < -0.4 is 4.74 Å². The molecule has 0 amide bonds. The average Bonchev–Trinajstić information content (AvgIpc) is 3.20. The number of methoxy groups -OCH3 is 2.